The Morgan fingerprint density at radius 3 is 3.18 bits per heavy atom. The molecule has 0 aliphatic carbocycles. The van der Waals surface area contributed by atoms with Crippen LogP contribution in [0, 0.1) is 11.3 Å². The number of benzene rings is 1. The molecule has 0 fully saturated rings. The van der Waals surface area contributed by atoms with Crippen molar-refractivity contribution in [3.8, 4) is 6.07 Å². The minimum absolute atomic E-state index is 0.501. The first-order valence-corrected chi connectivity index (χ1v) is 6.40. The van der Waals surface area contributed by atoms with Gasteiger partial charge >= 0.3 is 0 Å². The predicted molar refractivity (Wildman–Crippen MR) is 66.7 cm³/mol. The summed E-state index contributed by atoms with van der Waals surface area (Å²) in [6.07, 6.45) is 4.64. The van der Waals surface area contributed by atoms with E-state index in [9.17, 15) is 0 Å². The first-order valence-electron chi connectivity index (χ1n) is 5.52. The van der Waals surface area contributed by atoms with E-state index in [1.807, 2.05) is 22.5 Å². The van der Waals surface area contributed by atoms with Crippen LogP contribution in [0.4, 0.5) is 0 Å². The van der Waals surface area contributed by atoms with Gasteiger partial charge in [0.25, 0.3) is 0 Å². The lowest BCUT2D eigenvalue weighted by Gasteiger charge is -2.09. The molecule has 3 nitrogen and oxygen atoms in total. The van der Waals surface area contributed by atoms with Gasteiger partial charge in [0.2, 0.25) is 5.82 Å². The van der Waals surface area contributed by atoms with Crippen molar-refractivity contribution in [1.29, 1.82) is 5.26 Å². The number of aromatic nitrogens is 2. The summed E-state index contributed by atoms with van der Waals surface area (Å²) in [5.41, 5.74) is 1.42. The van der Waals surface area contributed by atoms with Gasteiger partial charge in [-0.1, -0.05) is 18.2 Å². The molecule has 1 atom stereocenters. The summed E-state index contributed by atoms with van der Waals surface area (Å²) in [7, 11) is 0. The average Bonchev–Trinajstić information content (AvgIpc) is 2.94. The monoisotopic (exact) mass is 241 g/mol. The lowest BCUT2D eigenvalue weighted by atomic mass is 10.1. The molecule has 3 rings (SSSR count). The molecule has 2 heterocycles. The highest BCUT2D eigenvalue weighted by atomic mass is 32.2. The standard InChI is InChI=1S/C13H11N3S/c14-8-13-15-5-6-16(13)9-11-7-10-3-1-2-4-12(10)17-11/h1-6,11H,7,9H2. The molecule has 0 bridgehead atoms. The second-order valence-electron chi connectivity index (χ2n) is 4.07. The fourth-order valence-electron chi connectivity index (χ4n) is 2.14. The number of hydrogen-bond acceptors (Lipinski definition) is 3. The van der Waals surface area contributed by atoms with Crippen LogP contribution in [0.2, 0.25) is 0 Å². The van der Waals surface area contributed by atoms with Gasteiger partial charge in [0.1, 0.15) is 6.07 Å². The van der Waals surface area contributed by atoms with E-state index in [4.69, 9.17) is 5.26 Å². The Bertz CT molecular complexity index is 557. The van der Waals surface area contributed by atoms with Crippen molar-refractivity contribution in [3.05, 3.63) is 48.0 Å². The van der Waals surface area contributed by atoms with Crippen molar-refractivity contribution in [1.82, 2.24) is 9.55 Å². The van der Waals surface area contributed by atoms with Crippen LogP contribution in [0.1, 0.15) is 11.4 Å². The molecule has 2 aromatic rings. The highest BCUT2D eigenvalue weighted by molar-refractivity contribution is 8.00. The van der Waals surface area contributed by atoms with Crippen molar-refractivity contribution in [2.45, 2.75) is 23.1 Å². The van der Waals surface area contributed by atoms with E-state index in [0.717, 1.165) is 13.0 Å². The van der Waals surface area contributed by atoms with E-state index in [-0.39, 0.29) is 0 Å². The summed E-state index contributed by atoms with van der Waals surface area (Å²) in [5, 5.41) is 9.42. The Morgan fingerprint density at radius 2 is 2.35 bits per heavy atom. The third-order valence-electron chi connectivity index (χ3n) is 2.93. The number of nitrogens with zero attached hydrogens (tertiary/aromatic N) is 3. The van der Waals surface area contributed by atoms with Crippen LogP contribution in [0.5, 0.6) is 0 Å². The molecule has 0 saturated carbocycles. The molecule has 1 aliphatic rings. The van der Waals surface area contributed by atoms with Gasteiger partial charge in [-0.15, -0.1) is 11.8 Å². The Kier molecular flexibility index (Phi) is 2.62. The van der Waals surface area contributed by atoms with Crippen LogP contribution in [-0.2, 0) is 13.0 Å². The number of hydrogen-bond donors (Lipinski definition) is 0. The number of fused-ring (bicyclic) bond motifs is 1. The summed E-state index contributed by atoms with van der Waals surface area (Å²) < 4.78 is 1.93. The molecule has 84 valence electrons. The maximum atomic E-state index is 8.91. The summed E-state index contributed by atoms with van der Waals surface area (Å²) >= 11 is 1.90. The van der Waals surface area contributed by atoms with E-state index in [0.29, 0.717) is 11.1 Å². The average molecular weight is 241 g/mol. The zero-order chi connectivity index (χ0) is 11.7. The predicted octanol–water partition coefficient (Wildman–Crippen LogP) is 2.47. The quantitative estimate of drug-likeness (QED) is 0.811. The van der Waals surface area contributed by atoms with E-state index in [1.54, 1.807) is 6.20 Å². The molecule has 1 aromatic carbocycles. The Balaban J connectivity index is 1.76. The van der Waals surface area contributed by atoms with Gasteiger partial charge < -0.3 is 4.57 Å². The molecule has 0 amide bonds. The molecular formula is C13H11N3S. The van der Waals surface area contributed by atoms with E-state index >= 15 is 0 Å². The second-order valence-corrected chi connectivity index (χ2v) is 5.41. The van der Waals surface area contributed by atoms with Crippen molar-refractivity contribution < 1.29 is 0 Å². The van der Waals surface area contributed by atoms with Crippen LogP contribution in [0.25, 0.3) is 0 Å². The molecule has 1 aliphatic heterocycles. The zero-order valence-electron chi connectivity index (χ0n) is 9.21. The summed E-state index contributed by atoms with van der Waals surface area (Å²) in [6, 6.07) is 10.6. The molecular weight excluding hydrogens is 230 g/mol. The molecule has 1 unspecified atom stereocenters. The fourth-order valence-corrected chi connectivity index (χ4v) is 3.46. The molecule has 0 spiro atoms. The van der Waals surface area contributed by atoms with E-state index in [1.165, 1.54) is 10.5 Å². The molecule has 1 aromatic heterocycles. The minimum Gasteiger partial charge on any atom is -0.322 e. The Morgan fingerprint density at radius 1 is 1.47 bits per heavy atom. The van der Waals surface area contributed by atoms with Crippen molar-refractivity contribution >= 4 is 11.8 Å². The Labute approximate surface area is 104 Å². The molecule has 0 radical (unpaired) electrons. The summed E-state index contributed by atoms with van der Waals surface area (Å²) in [5.74, 6) is 0.501. The van der Waals surface area contributed by atoms with Gasteiger partial charge in [-0.3, -0.25) is 0 Å². The first kappa shape index (κ1) is 10.4. The van der Waals surface area contributed by atoms with E-state index in [2.05, 4.69) is 35.3 Å². The van der Waals surface area contributed by atoms with Crippen LogP contribution in [0.15, 0.2) is 41.6 Å². The highest BCUT2D eigenvalue weighted by Gasteiger charge is 2.22. The number of rotatable bonds is 2. The molecule has 0 N–H and O–H groups in total. The maximum absolute atomic E-state index is 8.91. The molecule has 4 heteroatoms. The lowest BCUT2D eigenvalue weighted by Crippen LogP contribution is -2.12. The zero-order valence-corrected chi connectivity index (χ0v) is 10.0. The topological polar surface area (TPSA) is 41.6 Å². The number of imidazole rings is 1. The SMILES string of the molecule is N#Cc1nccn1CC1Cc2ccccc2S1. The lowest BCUT2D eigenvalue weighted by molar-refractivity contribution is 0.656. The summed E-state index contributed by atoms with van der Waals surface area (Å²) in [4.78, 5) is 5.39. The van der Waals surface area contributed by atoms with E-state index < -0.39 is 0 Å². The third kappa shape index (κ3) is 1.94. The van der Waals surface area contributed by atoms with Crippen LogP contribution < -0.4 is 0 Å². The van der Waals surface area contributed by atoms with Gasteiger partial charge in [0, 0.05) is 29.1 Å². The van der Waals surface area contributed by atoms with Gasteiger partial charge in [0.05, 0.1) is 0 Å². The first-order chi connectivity index (χ1) is 8.36. The normalized spacial score (nSPS) is 17.7. The second kappa shape index (κ2) is 4.27. The Hall–Kier alpha value is -1.73. The van der Waals surface area contributed by atoms with Gasteiger partial charge in [-0.25, -0.2) is 4.98 Å². The fraction of sp³-hybridized carbons (Fsp3) is 0.231. The molecule has 17 heavy (non-hydrogen) atoms. The highest BCUT2D eigenvalue weighted by Crippen LogP contribution is 2.37. The van der Waals surface area contributed by atoms with Gasteiger partial charge in [0.15, 0.2) is 0 Å². The van der Waals surface area contributed by atoms with Crippen molar-refractivity contribution in [3.63, 3.8) is 0 Å². The van der Waals surface area contributed by atoms with Crippen molar-refractivity contribution in [2.75, 3.05) is 0 Å². The maximum Gasteiger partial charge on any atom is 0.212 e. The third-order valence-corrected chi connectivity index (χ3v) is 4.23. The van der Waals surface area contributed by atoms with Crippen LogP contribution in [0.3, 0.4) is 0 Å². The largest absolute Gasteiger partial charge is 0.322 e. The van der Waals surface area contributed by atoms with Gasteiger partial charge in [-0.2, -0.15) is 5.26 Å². The van der Waals surface area contributed by atoms with Crippen molar-refractivity contribution in [2.24, 2.45) is 0 Å². The number of thioether (sulfide) groups is 1. The van der Waals surface area contributed by atoms with Crippen LogP contribution >= 0.6 is 11.8 Å². The smallest absolute Gasteiger partial charge is 0.212 e. The summed E-state index contributed by atoms with van der Waals surface area (Å²) in [6.45, 7) is 0.849. The number of nitriles is 1. The minimum atomic E-state index is 0.501. The van der Waals surface area contributed by atoms with Gasteiger partial charge in [-0.05, 0) is 18.1 Å². The molecule has 0 saturated heterocycles. The van der Waals surface area contributed by atoms with Crippen LogP contribution in [-0.4, -0.2) is 14.8 Å².